The van der Waals surface area contributed by atoms with Crippen LogP contribution in [0.25, 0.3) is 0 Å². The average molecular weight is 420 g/mol. The van der Waals surface area contributed by atoms with E-state index in [2.05, 4.69) is 36.2 Å². The number of allylic oxidation sites excluding steroid dienone is 1. The van der Waals surface area contributed by atoms with Gasteiger partial charge in [0.25, 0.3) is 0 Å². The van der Waals surface area contributed by atoms with Crippen molar-refractivity contribution in [3.8, 4) is 0 Å². The van der Waals surface area contributed by atoms with Crippen molar-refractivity contribution in [1.29, 1.82) is 5.41 Å². The van der Waals surface area contributed by atoms with Crippen LogP contribution < -0.4 is 5.73 Å². The molecule has 1 aromatic rings. The largest absolute Gasteiger partial charge is 0.384 e. The van der Waals surface area contributed by atoms with E-state index < -0.39 is 0 Å². The van der Waals surface area contributed by atoms with Crippen molar-refractivity contribution in [3.63, 3.8) is 0 Å². The van der Waals surface area contributed by atoms with Gasteiger partial charge in [0, 0.05) is 24.5 Å². The fourth-order valence-corrected chi connectivity index (χ4v) is 6.75. The number of hydrogen-bond acceptors (Lipinski definition) is 3. The molecule has 0 aliphatic heterocycles. The molecule has 31 heavy (non-hydrogen) atoms. The van der Waals surface area contributed by atoms with E-state index in [1.807, 2.05) is 0 Å². The molecule has 2 fully saturated rings. The van der Waals surface area contributed by atoms with Crippen molar-refractivity contribution in [1.82, 2.24) is 0 Å². The van der Waals surface area contributed by atoms with Gasteiger partial charge in [-0.25, -0.2) is 0 Å². The van der Waals surface area contributed by atoms with Crippen LogP contribution in [0.15, 0.2) is 41.4 Å². The third-order valence-electron chi connectivity index (χ3n) is 8.07. The number of carbonyl (C=O) groups is 2. The van der Waals surface area contributed by atoms with E-state index in [1.54, 1.807) is 0 Å². The monoisotopic (exact) mass is 419 g/mol. The number of nitrogens with two attached hydrogens (primary N) is 1. The maximum absolute atomic E-state index is 13.1. The first-order valence-electron chi connectivity index (χ1n) is 11.6. The van der Waals surface area contributed by atoms with E-state index in [1.165, 1.54) is 29.7 Å². The van der Waals surface area contributed by atoms with Crippen LogP contribution in [0.4, 0.5) is 0 Å². The molecule has 3 aliphatic rings. The molecule has 2 saturated carbocycles. The molecule has 5 heteroatoms. The number of rotatable bonds is 6. The van der Waals surface area contributed by atoms with Crippen LogP contribution >= 0.6 is 0 Å². The van der Waals surface area contributed by atoms with E-state index in [4.69, 9.17) is 11.1 Å². The number of hydrogen-bond donors (Lipinski definition) is 2. The summed E-state index contributed by atoms with van der Waals surface area (Å²) in [6.07, 6.45) is 11.0. The van der Waals surface area contributed by atoms with E-state index in [-0.39, 0.29) is 17.2 Å². The molecule has 1 aromatic carbocycles. The lowest BCUT2D eigenvalue weighted by atomic mass is 9.54. The highest BCUT2D eigenvalue weighted by Crippen LogP contribution is 2.62. The standard InChI is InChI=1S/C26H33N3O2/c1-26-14-13-20-19-8-3-2-6-17(19)11-12-21(20)25(26)18(16-22(26)30)7-4-10-24(31)29-23(28)9-5-15-27/h2-3,5-6,8-9,15,18,20-21,25,27H,4,7,10-14,16H2,1H3,(H2,28,29,31)/b9-5-,27-15?/t18?,20?,21?,25?,26-/m1/s1. The number of fused-ring (bicyclic) bond motifs is 5. The second-order valence-electron chi connectivity index (χ2n) is 9.73. The molecule has 4 rings (SSSR count). The minimum Gasteiger partial charge on any atom is -0.384 e. The van der Waals surface area contributed by atoms with Gasteiger partial charge >= 0.3 is 0 Å². The number of benzene rings is 1. The van der Waals surface area contributed by atoms with Gasteiger partial charge in [-0.3, -0.25) is 9.59 Å². The quantitative estimate of drug-likeness (QED) is 0.521. The number of carbonyl (C=O) groups excluding carboxylic acids is 2. The van der Waals surface area contributed by atoms with Gasteiger partial charge in [0.15, 0.2) is 0 Å². The van der Waals surface area contributed by atoms with Gasteiger partial charge < -0.3 is 11.1 Å². The molecule has 3 N–H and O–H groups in total. The normalized spacial score (nSPS) is 32.4. The minimum absolute atomic E-state index is 0.133. The van der Waals surface area contributed by atoms with Crippen LogP contribution in [0.2, 0.25) is 0 Å². The van der Waals surface area contributed by atoms with Gasteiger partial charge in [-0.1, -0.05) is 31.2 Å². The maximum atomic E-state index is 13.1. The molecule has 5 nitrogen and oxygen atoms in total. The molecule has 4 unspecified atom stereocenters. The highest BCUT2D eigenvalue weighted by atomic mass is 16.1. The molecule has 0 aromatic heterocycles. The molecule has 0 heterocycles. The zero-order valence-corrected chi connectivity index (χ0v) is 18.3. The fraction of sp³-hybridized carbons (Fsp3) is 0.538. The first-order chi connectivity index (χ1) is 14.9. The molecule has 1 amide bonds. The SMILES string of the molecule is C[C@]12CCC3c4ccccc4CCC3C1C(CCCC(=O)N=C(N)/C=C\C=N)CC2=O. The Balaban J connectivity index is 1.45. The second-order valence-corrected chi connectivity index (χ2v) is 9.73. The Morgan fingerprint density at radius 1 is 1.32 bits per heavy atom. The van der Waals surface area contributed by atoms with Gasteiger partial charge in [-0.05, 0) is 85.5 Å². The third kappa shape index (κ3) is 4.15. The lowest BCUT2D eigenvalue weighted by molar-refractivity contribution is -0.129. The molecular formula is C26H33N3O2. The van der Waals surface area contributed by atoms with E-state index in [9.17, 15) is 9.59 Å². The van der Waals surface area contributed by atoms with Gasteiger partial charge in [0.05, 0.1) is 0 Å². The number of nitrogens with one attached hydrogen (secondary N) is 1. The first kappa shape index (κ1) is 21.7. The number of aryl methyl sites for hydroxylation is 1. The molecule has 5 atom stereocenters. The maximum Gasteiger partial charge on any atom is 0.247 e. The van der Waals surface area contributed by atoms with Crippen LogP contribution in [-0.4, -0.2) is 23.7 Å². The lowest BCUT2D eigenvalue weighted by Crippen LogP contribution is -2.44. The van der Waals surface area contributed by atoms with Gasteiger partial charge in [0.1, 0.15) is 11.6 Å². The number of nitrogens with zero attached hydrogens (tertiary/aromatic N) is 1. The molecule has 0 radical (unpaired) electrons. The summed E-state index contributed by atoms with van der Waals surface area (Å²) in [7, 11) is 0. The molecule has 0 saturated heterocycles. The smallest absolute Gasteiger partial charge is 0.247 e. The summed E-state index contributed by atoms with van der Waals surface area (Å²) >= 11 is 0. The van der Waals surface area contributed by atoms with Gasteiger partial charge in [-0.15, -0.1) is 0 Å². The van der Waals surface area contributed by atoms with E-state index in [0.717, 1.165) is 38.3 Å². The Kier molecular flexibility index (Phi) is 6.22. The number of amidine groups is 1. The number of amides is 1. The van der Waals surface area contributed by atoms with Crippen molar-refractivity contribution in [2.24, 2.45) is 33.9 Å². The van der Waals surface area contributed by atoms with Crippen LogP contribution in [-0.2, 0) is 16.0 Å². The van der Waals surface area contributed by atoms with E-state index >= 15 is 0 Å². The van der Waals surface area contributed by atoms with Crippen LogP contribution in [0.3, 0.4) is 0 Å². The van der Waals surface area contributed by atoms with Crippen molar-refractivity contribution < 1.29 is 9.59 Å². The predicted molar refractivity (Wildman–Crippen MR) is 123 cm³/mol. The van der Waals surface area contributed by atoms with Crippen molar-refractivity contribution in [2.45, 2.75) is 64.2 Å². The van der Waals surface area contributed by atoms with Crippen molar-refractivity contribution >= 4 is 23.7 Å². The third-order valence-corrected chi connectivity index (χ3v) is 8.07. The fourth-order valence-electron chi connectivity index (χ4n) is 6.75. The lowest BCUT2D eigenvalue weighted by Gasteiger charge is -2.50. The van der Waals surface area contributed by atoms with Crippen LogP contribution in [0.5, 0.6) is 0 Å². The molecule has 0 bridgehead atoms. The van der Waals surface area contributed by atoms with Gasteiger partial charge in [-0.2, -0.15) is 4.99 Å². The Bertz CT molecular complexity index is 934. The Morgan fingerprint density at radius 2 is 2.13 bits per heavy atom. The topological polar surface area (TPSA) is 96.4 Å². The number of Topliss-reactive ketones (excluding diaryl/α,β-unsaturated/α-hetero) is 1. The molecule has 0 spiro atoms. The zero-order valence-electron chi connectivity index (χ0n) is 18.3. The van der Waals surface area contributed by atoms with E-state index in [0.29, 0.717) is 42.3 Å². The summed E-state index contributed by atoms with van der Waals surface area (Å²) in [5.41, 5.74) is 8.49. The predicted octanol–water partition coefficient (Wildman–Crippen LogP) is 4.60. The van der Waals surface area contributed by atoms with Crippen molar-refractivity contribution in [3.05, 3.63) is 47.5 Å². The summed E-state index contributed by atoms with van der Waals surface area (Å²) < 4.78 is 0. The number of aliphatic imine (C=N–C) groups is 1. The Morgan fingerprint density at radius 3 is 2.94 bits per heavy atom. The molecule has 164 valence electrons. The average Bonchev–Trinajstić information content (AvgIpc) is 3.02. The summed E-state index contributed by atoms with van der Waals surface area (Å²) in [5.74, 6) is 2.27. The first-order valence-corrected chi connectivity index (χ1v) is 11.6. The molecular weight excluding hydrogens is 386 g/mol. The summed E-state index contributed by atoms with van der Waals surface area (Å²) in [4.78, 5) is 29.1. The minimum atomic E-state index is -0.229. The molecule has 3 aliphatic carbocycles. The van der Waals surface area contributed by atoms with Crippen LogP contribution in [0, 0.1) is 28.6 Å². The Hall–Kier alpha value is -2.56. The Labute approximate surface area is 184 Å². The van der Waals surface area contributed by atoms with Gasteiger partial charge in [0.2, 0.25) is 5.91 Å². The highest BCUT2D eigenvalue weighted by molar-refractivity contribution is 6.01. The summed E-state index contributed by atoms with van der Waals surface area (Å²) in [5, 5.41) is 6.96. The van der Waals surface area contributed by atoms with Crippen LogP contribution in [0.1, 0.15) is 68.9 Å². The zero-order chi connectivity index (χ0) is 22.0. The van der Waals surface area contributed by atoms with Crippen molar-refractivity contribution in [2.75, 3.05) is 0 Å². The second kappa shape index (κ2) is 8.89. The number of ketones is 1. The summed E-state index contributed by atoms with van der Waals surface area (Å²) in [6, 6.07) is 8.86. The highest BCUT2D eigenvalue weighted by Gasteiger charge is 2.58. The summed E-state index contributed by atoms with van der Waals surface area (Å²) in [6.45, 7) is 2.21.